The number of halogens is 1. The number of aromatic carboxylic acids is 1. The van der Waals surface area contributed by atoms with Gasteiger partial charge in [0, 0.05) is 6.54 Å². The largest absolute Gasteiger partial charge is 0.475 e. The minimum absolute atomic E-state index is 0.0856. The Morgan fingerprint density at radius 2 is 2.11 bits per heavy atom. The van der Waals surface area contributed by atoms with Crippen LogP contribution in [-0.2, 0) is 13.1 Å². The zero-order valence-corrected chi connectivity index (χ0v) is 9.52. The second kappa shape index (κ2) is 5.46. The van der Waals surface area contributed by atoms with Gasteiger partial charge in [-0.3, -0.25) is 0 Å². The first-order valence-electron chi connectivity index (χ1n) is 5.42. The van der Waals surface area contributed by atoms with Crippen molar-refractivity contribution < 1.29 is 18.7 Å². The molecule has 0 radical (unpaired) electrons. The summed E-state index contributed by atoms with van der Waals surface area (Å²) in [6.07, 6.45) is 0. The number of carboxylic acid groups (broad SMARTS) is 1. The van der Waals surface area contributed by atoms with Crippen molar-refractivity contribution in [3.8, 4) is 0 Å². The molecule has 0 bridgehead atoms. The van der Waals surface area contributed by atoms with Gasteiger partial charge in [0.2, 0.25) is 5.76 Å². The van der Waals surface area contributed by atoms with E-state index in [1.54, 1.807) is 18.2 Å². The number of carbonyl (C=O) groups is 1. The lowest BCUT2D eigenvalue weighted by molar-refractivity contribution is 0.0660. The third kappa shape index (κ3) is 3.18. The Morgan fingerprint density at radius 3 is 2.78 bits per heavy atom. The van der Waals surface area contributed by atoms with Crippen LogP contribution in [-0.4, -0.2) is 11.1 Å². The minimum atomic E-state index is -1.09. The van der Waals surface area contributed by atoms with Crippen LogP contribution in [0, 0.1) is 5.82 Å². The first-order chi connectivity index (χ1) is 8.65. The third-order valence-electron chi connectivity index (χ3n) is 2.39. The van der Waals surface area contributed by atoms with Gasteiger partial charge in [0.05, 0.1) is 6.54 Å². The Hall–Kier alpha value is -2.14. The molecule has 0 aliphatic heterocycles. The quantitative estimate of drug-likeness (QED) is 0.854. The highest BCUT2D eigenvalue weighted by molar-refractivity contribution is 5.84. The van der Waals surface area contributed by atoms with Crippen molar-refractivity contribution in [3.05, 3.63) is 59.3 Å². The average molecular weight is 249 g/mol. The van der Waals surface area contributed by atoms with Crippen LogP contribution < -0.4 is 5.32 Å². The lowest BCUT2D eigenvalue weighted by atomic mass is 10.2. The molecule has 0 aliphatic rings. The number of hydrogen-bond acceptors (Lipinski definition) is 3. The first-order valence-corrected chi connectivity index (χ1v) is 5.42. The highest BCUT2D eigenvalue weighted by Crippen LogP contribution is 2.08. The molecule has 1 aromatic heterocycles. The molecule has 0 saturated heterocycles. The lowest BCUT2D eigenvalue weighted by Crippen LogP contribution is -2.12. The molecule has 0 atom stereocenters. The first kappa shape index (κ1) is 12.3. The second-order valence-electron chi connectivity index (χ2n) is 3.80. The molecule has 0 spiro atoms. The van der Waals surface area contributed by atoms with Gasteiger partial charge in [0.25, 0.3) is 0 Å². The fourth-order valence-electron chi connectivity index (χ4n) is 1.56. The van der Waals surface area contributed by atoms with Gasteiger partial charge in [-0.05, 0) is 29.8 Å². The van der Waals surface area contributed by atoms with E-state index in [4.69, 9.17) is 9.52 Å². The zero-order valence-electron chi connectivity index (χ0n) is 9.52. The number of rotatable bonds is 5. The second-order valence-corrected chi connectivity index (χ2v) is 3.80. The molecule has 94 valence electrons. The van der Waals surface area contributed by atoms with E-state index in [2.05, 4.69) is 5.32 Å². The lowest BCUT2D eigenvalue weighted by Gasteiger charge is -2.02. The van der Waals surface area contributed by atoms with Gasteiger partial charge in [-0.15, -0.1) is 0 Å². The van der Waals surface area contributed by atoms with Gasteiger partial charge in [0.1, 0.15) is 11.6 Å². The molecule has 18 heavy (non-hydrogen) atoms. The molecular weight excluding hydrogens is 237 g/mol. The summed E-state index contributed by atoms with van der Waals surface area (Å²) >= 11 is 0. The Bertz CT molecular complexity index is 551. The van der Waals surface area contributed by atoms with E-state index >= 15 is 0 Å². The maximum Gasteiger partial charge on any atom is 0.371 e. The predicted octanol–water partition coefficient (Wildman–Crippen LogP) is 2.41. The molecule has 0 fully saturated rings. The van der Waals surface area contributed by atoms with Crippen LogP contribution in [0.4, 0.5) is 4.39 Å². The number of hydrogen-bond donors (Lipinski definition) is 2. The van der Waals surface area contributed by atoms with Crippen LogP contribution in [0.25, 0.3) is 0 Å². The number of furan rings is 1. The molecule has 2 aromatic rings. The number of nitrogens with one attached hydrogen (secondary N) is 1. The van der Waals surface area contributed by atoms with Crippen molar-refractivity contribution in [1.82, 2.24) is 5.32 Å². The van der Waals surface area contributed by atoms with E-state index in [9.17, 15) is 9.18 Å². The van der Waals surface area contributed by atoms with E-state index in [0.717, 1.165) is 5.56 Å². The van der Waals surface area contributed by atoms with Crippen LogP contribution in [0.15, 0.2) is 40.8 Å². The van der Waals surface area contributed by atoms with Gasteiger partial charge in [-0.2, -0.15) is 0 Å². The maximum atomic E-state index is 12.9. The van der Waals surface area contributed by atoms with Gasteiger partial charge in [-0.25, -0.2) is 9.18 Å². The van der Waals surface area contributed by atoms with Crippen LogP contribution in [0.5, 0.6) is 0 Å². The van der Waals surface area contributed by atoms with Crippen LogP contribution in [0.1, 0.15) is 21.9 Å². The van der Waals surface area contributed by atoms with Crippen LogP contribution in [0.2, 0.25) is 0 Å². The normalized spacial score (nSPS) is 10.5. The van der Waals surface area contributed by atoms with Crippen molar-refractivity contribution in [1.29, 1.82) is 0 Å². The summed E-state index contributed by atoms with van der Waals surface area (Å²) in [4.78, 5) is 10.6. The van der Waals surface area contributed by atoms with Gasteiger partial charge in [-0.1, -0.05) is 12.1 Å². The van der Waals surface area contributed by atoms with Crippen molar-refractivity contribution >= 4 is 5.97 Å². The smallest absolute Gasteiger partial charge is 0.371 e. The summed E-state index contributed by atoms with van der Waals surface area (Å²) < 4.78 is 18.0. The van der Waals surface area contributed by atoms with E-state index in [0.29, 0.717) is 18.8 Å². The monoisotopic (exact) mass is 249 g/mol. The van der Waals surface area contributed by atoms with Gasteiger partial charge >= 0.3 is 5.97 Å². The molecule has 1 heterocycles. The van der Waals surface area contributed by atoms with E-state index in [1.165, 1.54) is 18.2 Å². The average Bonchev–Trinajstić information content (AvgIpc) is 2.78. The third-order valence-corrected chi connectivity index (χ3v) is 2.39. The highest BCUT2D eigenvalue weighted by atomic mass is 19.1. The Balaban J connectivity index is 1.86. The molecule has 5 heteroatoms. The summed E-state index contributed by atoms with van der Waals surface area (Å²) in [5.74, 6) is -0.923. The number of carboxylic acids is 1. The summed E-state index contributed by atoms with van der Waals surface area (Å²) in [6, 6.07) is 9.28. The Labute approximate surface area is 103 Å². The molecule has 2 rings (SSSR count). The summed E-state index contributed by atoms with van der Waals surface area (Å²) in [6.45, 7) is 0.880. The highest BCUT2D eigenvalue weighted by Gasteiger charge is 2.08. The summed E-state index contributed by atoms with van der Waals surface area (Å²) in [7, 11) is 0. The van der Waals surface area contributed by atoms with Gasteiger partial charge in [0.15, 0.2) is 0 Å². The van der Waals surface area contributed by atoms with Gasteiger partial charge < -0.3 is 14.8 Å². The Morgan fingerprint density at radius 1 is 1.28 bits per heavy atom. The molecule has 1 aromatic carbocycles. The fraction of sp³-hybridized carbons (Fsp3) is 0.154. The standard InChI is InChI=1S/C13H12FNO3/c14-10-3-1-2-9(6-10)7-15-8-11-4-5-12(18-11)13(16)17/h1-6,15H,7-8H2,(H,16,17). The number of benzene rings is 1. The van der Waals surface area contributed by atoms with Crippen LogP contribution in [0.3, 0.4) is 0 Å². The van der Waals surface area contributed by atoms with Crippen molar-refractivity contribution in [2.45, 2.75) is 13.1 Å². The van der Waals surface area contributed by atoms with E-state index in [-0.39, 0.29) is 11.6 Å². The SMILES string of the molecule is O=C(O)c1ccc(CNCc2cccc(F)c2)o1. The molecule has 2 N–H and O–H groups in total. The molecule has 0 amide bonds. The van der Waals surface area contributed by atoms with Crippen LogP contribution >= 0.6 is 0 Å². The fourth-order valence-corrected chi connectivity index (χ4v) is 1.56. The topological polar surface area (TPSA) is 62.5 Å². The predicted molar refractivity (Wildman–Crippen MR) is 62.6 cm³/mol. The molecule has 4 nitrogen and oxygen atoms in total. The molecular formula is C13H12FNO3. The maximum absolute atomic E-state index is 12.9. The summed E-state index contributed by atoms with van der Waals surface area (Å²) in [5.41, 5.74) is 0.819. The van der Waals surface area contributed by atoms with Crippen molar-refractivity contribution in [3.63, 3.8) is 0 Å². The van der Waals surface area contributed by atoms with E-state index < -0.39 is 5.97 Å². The Kier molecular flexibility index (Phi) is 3.74. The molecule has 0 saturated carbocycles. The minimum Gasteiger partial charge on any atom is -0.475 e. The molecule has 0 unspecified atom stereocenters. The van der Waals surface area contributed by atoms with Crippen molar-refractivity contribution in [2.24, 2.45) is 0 Å². The van der Waals surface area contributed by atoms with E-state index in [1.807, 2.05) is 0 Å². The zero-order chi connectivity index (χ0) is 13.0. The summed E-state index contributed by atoms with van der Waals surface area (Å²) in [5, 5.41) is 11.7. The van der Waals surface area contributed by atoms with Crippen molar-refractivity contribution in [2.75, 3.05) is 0 Å². The molecule has 0 aliphatic carbocycles.